The van der Waals surface area contributed by atoms with E-state index in [4.69, 9.17) is 0 Å². The molecule has 5 nitrogen and oxygen atoms in total. The van der Waals surface area contributed by atoms with Gasteiger partial charge in [-0.25, -0.2) is 13.1 Å². The topological polar surface area (TPSA) is 75.3 Å². The lowest BCUT2D eigenvalue weighted by Crippen LogP contribution is -2.27. The minimum Gasteiger partial charge on any atom is -0.325 e. The van der Waals surface area contributed by atoms with Crippen LogP contribution in [0.2, 0.25) is 0 Å². The molecule has 1 heterocycles. The van der Waals surface area contributed by atoms with Crippen molar-refractivity contribution in [1.29, 1.82) is 0 Å². The minimum atomic E-state index is -3.73. The van der Waals surface area contributed by atoms with E-state index < -0.39 is 16.1 Å². The van der Waals surface area contributed by atoms with Gasteiger partial charge >= 0.3 is 0 Å². The second-order valence-corrected chi connectivity index (χ2v) is 8.59. The quantitative estimate of drug-likeness (QED) is 0.720. The lowest BCUT2D eigenvalue weighted by atomic mass is 10.0. The molecule has 3 aromatic rings. The summed E-state index contributed by atoms with van der Waals surface area (Å²) in [6.45, 7) is 3.60. The standard InChI is InChI=1S/C21H20N2O3S/c1-13-19-12-16(10-11-20(19)22-21(13)24)27(25,26)23-14(2)17-9-5-7-15-6-3-4-8-18(15)17/h3-14,23H,1-2H3,(H,22,24)/t13-,14-/m1/s1. The van der Waals surface area contributed by atoms with Crippen molar-refractivity contribution in [2.45, 2.75) is 30.7 Å². The summed E-state index contributed by atoms with van der Waals surface area (Å²) in [5.74, 6) is -0.470. The summed E-state index contributed by atoms with van der Waals surface area (Å²) in [6.07, 6.45) is 0. The first-order valence-electron chi connectivity index (χ1n) is 8.81. The number of benzene rings is 3. The lowest BCUT2D eigenvalue weighted by Gasteiger charge is -2.17. The van der Waals surface area contributed by atoms with Gasteiger partial charge in [0.15, 0.2) is 0 Å². The van der Waals surface area contributed by atoms with Gasteiger partial charge in [-0.3, -0.25) is 4.79 Å². The molecule has 138 valence electrons. The van der Waals surface area contributed by atoms with Crippen molar-refractivity contribution in [3.63, 3.8) is 0 Å². The van der Waals surface area contributed by atoms with Crippen molar-refractivity contribution in [3.05, 3.63) is 71.8 Å². The third-order valence-electron chi connectivity index (χ3n) is 5.07. The molecule has 3 aromatic carbocycles. The van der Waals surface area contributed by atoms with Gasteiger partial charge in [0.1, 0.15) is 0 Å². The highest BCUT2D eigenvalue weighted by Gasteiger charge is 2.29. The number of anilines is 1. The first-order valence-corrected chi connectivity index (χ1v) is 10.3. The number of hydrogen-bond donors (Lipinski definition) is 2. The predicted octanol–water partition coefficient (Wildman–Crippen LogP) is 3.93. The SMILES string of the molecule is C[C@@H](NS(=O)(=O)c1ccc2c(c1)[C@@H](C)C(=O)N2)c1cccc2ccccc12. The van der Waals surface area contributed by atoms with E-state index in [1.165, 1.54) is 6.07 Å². The van der Waals surface area contributed by atoms with E-state index in [0.717, 1.165) is 16.3 Å². The Morgan fingerprint density at radius 3 is 2.59 bits per heavy atom. The first-order chi connectivity index (χ1) is 12.9. The highest BCUT2D eigenvalue weighted by Crippen LogP contribution is 2.34. The highest BCUT2D eigenvalue weighted by atomic mass is 32.2. The van der Waals surface area contributed by atoms with Crippen molar-refractivity contribution < 1.29 is 13.2 Å². The maximum atomic E-state index is 12.9. The molecule has 0 saturated carbocycles. The van der Waals surface area contributed by atoms with E-state index in [-0.39, 0.29) is 16.7 Å². The number of sulfonamides is 1. The third kappa shape index (κ3) is 3.11. The van der Waals surface area contributed by atoms with Crippen molar-refractivity contribution in [1.82, 2.24) is 4.72 Å². The first kappa shape index (κ1) is 17.7. The van der Waals surface area contributed by atoms with Crippen molar-refractivity contribution >= 4 is 32.4 Å². The zero-order valence-electron chi connectivity index (χ0n) is 15.1. The van der Waals surface area contributed by atoms with Crippen LogP contribution in [-0.2, 0) is 14.8 Å². The van der Waals surface area contributed by atoms with Gasteiger partial charge in [-0.2, -0.15) is 0 Å². The van der Waals surface area contributed by atoms with Crippen LogP contribution in [0.3, 0.4) is 0 Å². The molecule has 1 amide bonds. The second-order valence-electron chi connectivity index (χ2n) is 6.87. The van der Waals surface area contributed by atoms with Gasteiger partial charge in [0.2, 0.25) is 15.9 Å². The van der Waals surface area contributed by atoms with Gasteiger partial charge in [-0.1, -0.05) is 42.5 Å². The number of carbonyl (C=O) groups is 1. The third-order valence-corrected chi connectivity index (χ3v) is 6.61. The summed E-state index contributed by atoms with van der Waals surface area (Å²) in [7, 11) is -3.73. The monoisotopic (exact) mass is 380 g/mol. The Bertz CT molecular complexity index is 1150. The number of carbonyl (C=O) groups excluding carboxylic acids is 1. The normalized spacial score (nSPS) is 17.6. The Kier molecular flexibility index (Phi) is 4.25. The molecule has 0 aromatic heterocycles. The molecular formula is C21H20N2O3S. The number of hydrogen-bond acceptors (Lipinski definition) is 3. The van der Waals surface area contributed by atoms with Crippen LogP contribution in [-0.4, -0.2) is 14.3 Å². The van der Waals surface area contributed by atoms with E-state index >= 15 is 0 Å². The zero-order chi connectivity index (χ0) is 19.2. The molecule has 0 radical (unpaired) electrons. The molecule has 0 saturated heterocycles. The van der Waals surface area contributed by atoms with E-state index in [0.29, 0.717) is 11.3 Å². The minimum absolute atomic E-state index is 0.114. The van der Waals surface area contributed by atoms with Crippen LogP contribution < -0.4 is 10.0 Å². The summed E-state index contributed by atoms with van der Waals surface area (Å²) in [5, 5.41) is 4.85. The molecule has 0 aliphatic carbocycles. The average molecular weight is 380 g/mol. The van der Waals surface area contributed by atoms with E-state index in [2.05, 4.69) is 10.0 Å². The number of fused-ring (bicyclic) bond motifs is 2. The zero-order valence-corrected chi connectivity index (χ0v) is 15.9. The molecule has 1 aliphatic heterocycles. The lowest BCUT2D eigenvalue weighted by molar-refractivity contribution is -0.116. The van der Waals surface area contributed by atoms with Crippen molar-refractivity contribution in [3.8, 4) is 0 Å². The van der Waals surface area contributed by atoms with Gasteiger partial charge in [-0.15, -0.1) is 0 Å². The predicted molar refractivity (Wildman–Crippen MR) is 106 cm³/mol. The van der Waals surface area contributed by atoms with Crippen LogP contribution in [0.15, 0.2) is 65.6 Å². The summed E-state index contributed by atoms with van der Waals surface area (Å²) in [5.41, 5.74) is 2.30. The van der Waals surface area contributed by atoms with Gasteiger partial charge in [0.25, 0.3) is 0 Å². The summed E-state index contributed by atoms with van der Waals surface area (Å²) >= 11 is 0. The van der Waals surface area contributed by atoms with E-state index in [9.17, 15) is 13.2 Å². The van der Waals surface area contributed by atoms with E-state index in [1.54, 1.807) is 19.1 Å². The fraction of sp³-hybridized carbons (Fsp3) is 0.190. The molecule has 1 aliphatic rings. The second kappa shape index (κ2) is 6.48. The molecule has 2 N–H and O–H groups in total. The number of rotatable bonds is 4. The van der Waals surface area contributed by atoms with E-state index in [1.807, 2.05) is 49.4 Å². The average Bonchev–Trinajstić information content (AvgIpc) is 2.94. The Morgan fingerprint density at radius 1 is 1.04 bits per heavy atom. The van der Waals surface area contributed by atoms with Crippen LogP contribution >= 0.6 is 0 Å². The van der Waals surface area contributed by atoms with Gasteiger partial charge in [0.05, 0.1) is 10.8 Å². The Morgan fingerprint density at radius 2 is 1.78 bits per heavy atom. The molecule has 6 heteroatoms. The van der Waals surface area contributed by atoms with Crippen molar-refractivity contribution in [2.24, 2.45) is 0 Å². The molecule has 2 atom stereocenters. The highest BCUT2D eigenvalue weighted by molar-refractivity contribution is 7.89. The molecule has 27 heavy (non-hydrogen) atoms. The van der Waals surface area contributed by atoms with Crippen LogP contribution in [0, 0.1) is 0 Å². The van der Waals surface area contributed by atoms with Crippen LogP contribution in [0.4, 0.5) is 5.69 Å². The molecule has 0 spiro atoms. The molecule has 4 rings (SSSR count). The Hall–Kier alpha value is -2.70. The van der Waals surface area contributed by atoms with Gasteiger partial charge in [-0.05, 0) is 53.9 Å². The Balaban J connectivity index is 1.67. The number of amides is 1. The van der Waals surface area contributed by atoms with Crippen LogP contribution in [0.25, 0.3) is 10.8 Å². The fourth-order valence-corrected chi connectivity index (χ4v) is 4.81. The smallest absolute Gasteiger partial charge is 0.241 e. The van der Waals surface area contributed by atoms with Crippen LogP contribution in [0.1, 0.15) is 36.9 Å². The molecule has 0 unspecified atom stereocenters. The molecular weight excluding hydrogens is 360 g/mol. The van der Waals surface area contributed by atoms with Gasteiger partial charge in [0, 0.05) is 11.7 Å². The maximum absolute atomic E-state index is 12.9. The largest absolute Gasteiger partial charge is 0.325 e. The van der Waals surface area contributed by atoms with Crippen molar-refractivity contribution in [2.75, 3.05) is 5.32 Å². The molecule has 0 bridgehead atoms. The fourth-order valence-electron chi connectivity index (χ4n) is 3.55. The Labute approximate surface area is 158 Å². The molecule has 0 fully saturated rings. The summed E-state index contributed by atoms with van der Waals surface area (Å²) < 4.78 is 28.6. The van der Waals surface area contributed by atoms with Gasteiger partial charge < -0.3 is 5.32 Å². The van der Waals surface area contributed by atoms with Crippen LogP contribution in [0.5, 0.6) is 0 Å². The summed E-state index contributed by atoms with van der Waals surface area (Å²) in [6, 6.07) is 18.1. The summed E-state index contributed by atoms with van der Waals surface area (Å²) in [4.78, 5) is 12.0. The number of nitrogens with one attached hydrogen (secondary N) is 2. The maximum Gasteiger partial charge on any atom is 0.241 e.